The molecule has 1 aromatic carbocycles. The molecule has 1 unspecified atom stereocenters. The maximum atomic E-state index is 11.7. The number of nitrogens with one attached hydrogen (secondary N) is 2. The molecule has 3 N–H and O–H groups in total. The number of hydrogen-bond donors (Lipinski definition) is 3. The van der Waals surface area contributed by atoms with Gasteiger partial charge in [0.1, 0.15) is 0 Å². The summed E-state index contributed by atoms with van der Waals surface area (Å²) in [6.07, 6.45) is 1.83. The Morgan fingerprint density at radius 2 is 2.05 bits per heavy atom. The number of carbonyl (C=O) groups is 1. The van der Waals surface area contributed by atoms with Crippen molar-refractivity contribution in [2.75, 3.05) is 6.54 Å². The van der Waals surface area contributed by atoms with Crippen LogP contribution in [0.2, 0.25) is 5.02 Å². The van der Waals surface area contributed by atoms with Crippen molar-refractivity contribution in [3.63, 3.8) is 0 Å². The van der Waals surface area contributed by atoms with Gasteiger partial charge in [0.25, 0.3) is 0 Å². The van der Waals surface area contributed by atoms with Gasteiger partial charge in [-0.05, 0) is 29.8 Å². The minimum Gasteiger partial charge on any atom is -0.388 e. The van der Waals surface area contributed by atoms with E-state index in [0.717, 1.165) is 12.1 Å². The minimum absolute atomic E-state index is 0.0480. The van der Waals surface area contributed by atoms with Gasteiger partial charge in [0, 0.05) is 29.9 Å². The smallest absolute Gasteiger partial charge is 0.222 e. The second-order valence-electron chi connectivity index (χ2n) is 4.57. The highest BCUT2D eigenvalue weighted by molar-refractivity contribution is 6.30. The van der Waals surface area contributed by atoms with E-state index < -0.39 is 6.10 Å². The van der Waals surface area contributed by atoms with Crippen LogP contribution in [-0.4, -0.2) is 22.5 Å². The molecule has 0 aliphatic rings. The minimum atomic E-state index is -0.808. The summed E-state index contributed by atoms with van der Waals surface area (Å²) >= 11 is 5.78. The van der Waals surface area contributed by atoms with Crippen LogP contribution in [0.1, 0.15) is 23.8 Å². The number of aliphatic hydroxyl groups is 1. The van der Waals surface area contributed by atoms with E-state index in [1.54, 1.807) is 24.3 Å². The van der Waals surface area contributed by atoms with Crippen LogP contribution in [0.5, 0.6) is 0 Å². The summed E-state index contributed by atoms with van der Waals surface area (Å²) < 4.78 is 0. The summed E-state index contributed by atoms with van der Waals surface area (Å²) in [7, 11) is 0. The van der Waals surface area contributed by atoms with Gasteiger partial charge in [-0.2, -0.15) is 0 Å². The summed E-state index contributed by atoms with van der Waals surface area (Å²) in [5.41, 5.74) is 1.76. The Hall–Kier alpha value is -1.78. The van der Waals surface area contributed by atoms with Crippen LogP contribution in [0.3, 0.4) is 0 Å². The highest BCUT2D eigenvalue weighted by Gasteiger charge is 2.12. The second-order valence-corrected chi connectivity index (χ2v) is 5.00. The Kier molecular flexibility index (Phi) is 5.21. The highest BCUT2D eigenvalue weighted by atomic mass is 35.5. The number of aliphatic hydroxyl groups excluding tert-OH is 1. The summed E-state index contributed by atoms with van der Waals surface area (Å²) in [6.45, 7) is 0.548. The Labute approximate surface area is 122 Å². The normalized spacial score (nSPS) is 12.1. The van der Waals surface area contributed by atoms with E-state index in [9.17, 15) is 9.90 Å². The number of aromatic nitrogens is 1. The van der Waals surface area contributed by atoms with Crippen LogP contribution in [0.15, 0.2) is 42.6 Å². The van der Waals surface area contributed by atoms with Crippen molar-refractivity contribution in [2.24, 2.45) is 0 Å². The van der Waals surface area contributed by atoms with E-state index in [4.69, 9.17) is 11.6 Å². The molecule has 0 saturated carbocycles. The summed E-state index contributed by atoms with van der Waals surface area (Å²) in [4.78, 5) is 14.8. The molecule has 0 spiro atoms. The summed E-state index contributed by atoms with van der Waals surface area (Å²) in [5.74, 6) is -0.168. The van der Waals surface area contributed by atoms with Gasteiger partial charge in [0.05, 0.1) is 12.5 Å². The van der Waals surface area contributed by atoms with E-state index >= 15 is 0 Å². The van der Waals surface area contributed by atoms with Crippen LogP contribution >= 0.6 is 11.6 Å². The molecular weight excluding hydrogens is 276 g/mol. The van der Waals surface area contributed by atoms with Gasteiger partial charge in [0.15, 0.2) is 0 Å². The van der Waals surface area contributed by atoms with Crippen LogP contribution < -0.4 is 5.32 Å². The predicted molar refractivity (Wildman–Crippen MR) is 78.5 cm³/mol. The molecular formula is C15H17ClN2O2. The lowest BCUT2D eigenvalue weighted by Crippen LogP contribution is -2.27. The molecule has 1 heterocycles. The zero-order valence-electron chi connectivity index (χ0n) is 11.0. The molecule has 2 rings (SSSR count). The number of H-pyrrole nitrogens is 1. The molecule has 20 heavy (non-hydrogen) atoms. The Morgan fingerprint density at radius 3 is 2.70 bits per heavy atom. The van der Waals surface area contributed by atoms with Crippen molar-refractivity contribution in [2.45, 2.75) is 18.9 Å². The Bertz CT molecular complexity index is 538. The molecule has 0 aliphatic heterocycles. The first kappa shape index (κ1) is 14.6. The molecule has 0 radical (unpaired) electrons. The van der Waals surface area contributed by atoms with Crippen LogP contribution in [0, 0.1) is 0 Å². The number of rotatable bonds is 6. The van der Waals surface area contributed by atoms with Crippen LogP contribution in [-0.2, 0) is 11.2 Å². The number of halogens is 1. The first-order chi connectivity index (χ1) is 9.65. The lowest BCUT2D eigenvalue weighted by molar-refractivity contribution is -0.123. The average Bonchev–Trinajstić information content (AvgIpc) is 2.92. The fraction of sp³-hybridized carbons (Fsp3) is 0.267. The monoisotopic (exact) mass is 292 g/mol. The van der Waals surface area contributed by atoms with Gasteiger partial charge in [-0.1, -0.05) is 23.7 Å². The first-order valence-electron chi connectivity index (χ1n) is 6.47. The lowest BCUT2D eigenvalue weighted by atomic mass is 10.1. The molecule has 1 aromatic heterocycles. The maximum absolute atomic E-state index is 11.7. The van der Waals surface area contributed by atoms with Gasteiger partial charge in [-0.3, -0.25) is 4.79 Å². The van der Waals surface area contributed by atoms with E-state index in [2.05, 4.69) is 10.3 Å². The molecule has 5 heteroatoms. The predicted octanol–water partition coefficient (Wildman–Crippen LogP) is 2.45. The molecule has 1 amide bonds. The lowest BCUT2D eigenvalue weighted by Gasteiger charge is -2.11. The topological polar surface area (TPSA) is 65.1 Å². The van der Waals surface area contributed by atoms with Gasteiger partial charge in [-0.25, -0.2) is 0 Å². The van der Waals surface area contributed by atoms with Crippen molar-refractivity contribution in [3.05, 3.63) is 58.9 Å². The molecule has 2 aromatic rings. The van der Waals surface area contributed by atoms with Gasteiger partial charge >= 0.3 is 0 Å². The fourth-order valence-corrected chi connectivity index (χ4v) is 2.04. The van der Waals surface area contributed by atoms with E-state index in [0.29, 0.717) is 17.1 Å². The average molecular weight is 293 g/mol. The number of carbonyl (C=O) groups excluding carboxylic acids is 1. The van der Waals surface area contributed by atoms with Crippen LogP contribution in [0.4, 0.5) is 0 Å². The third kappa shape index (κ3) is 4.40. The maximum Gasteiger partial charge on any atom is 0.222 e. The first-order valence-corrected chi connectivity index (χ1v) is 6.85. The van der Waals surface area contributed by atoms with E-state index in [1.807, 2.05) is 18.3 Å². The SMILES string of the molecule is O=C(CC(O)c1ccc(Cl)cc1)NCCc1ccc[nH]1. The number of hydrogen-bond acceptors (Lipinski definition) is 2. The Morgan fingerprint density at radius 1 is 1.30 bits per heavy atom. The zero-order valence-corrected chi connectivity index (χ0v) is 11.7. The molecule has 1 atom stereocenters. The zero-order chi connectivity index (χ0) is 14.4. The van der Waals surface area contributed by atoms with Crippen LogP contribution in [0.25, 0.3) is 0 Å². The molecule has 106 valence electrons. The van der Waals surface area contributed by atoms with Gasteiger partial charge < -0.3 is 15.4 Å². The molecule has 4 nitrogen and oxygen atoms in total. The molecule has 0 aliphatic carbocycles. The highest BCUT2D eigenvalue weighted by Crippen LogP contribution is 2.18. The third-order valence-corrected chi connectivity index (χ3v) is 3.26. The van der Waals surface area contributed by atoms with E-state index in [-0.39, 0.29) is 12.3 Å². The largest absolute Gasteiger partial charge is 0.388 e. The number of amides is 1. The molecule has 0 bridgehead atoms. The van der Waals surface area contributed by atoms with Crippen molar-refractivity contribution in [1.29, 1.82) is 0 Å². The second kappa shape index (κ2) is 7.12. The van der Waals surface area contributed by atoms with Crippen molar-refractivity contribution < 1.29 is 9.90 Å². The number of benzene rings is 1. The van der Waals surface area contributed by atoms with Gasteiger partial charge in [0.2, 0.25) is 5.91 Å². The van der Waals surface area contributed by atoms with Crippen molar-refractivity contribution in [3.8, 4) is 0 Å². The molecule has 0 fully saturated rings. The third-order valence-electron chi connectivity index (χ3n) is 3.01. The van der Waals surface area contributed by atoms with Gasteiger partial charge in [-0.15, -0.1) is 0 Å². The molecule has 0 saturated heterocycles. The standard InChI is InChI=1S/C15H17ClN2O2/c16-12-5-3-11(4-6-12)14(19)10-15(20)18-9-7-13-2-1-8-17-13/h1-6,8,14,17,19H,7,9-10H2,(H,18,20). The van der Waals surface area contributed by atoms with Crippen molar-refractivity contribution >= 4 is 17.5 Å². The Balaban J connectivity index is 1.74. The van der Waals surface area contributed by atoms with Crippen molar-refractivity contribution in [1.82, 2.24) is 10.3 Å². The quantitative estimate of drug-likeness (QED) is 0.766. The summed E-state index contributed by atoms with van der Waals surface area (Å²) in [6, 6.07) is 10.7. The number of aromatic amines is 1. The van der Waals surface area contributed by atoms with E-state index in [1.165, 1.54) is 0 Å². The fourth-order valence-electron chi connectivity index (χ4n) is 1.91. The summed E-state index contributed by atoms with van der Waals surface area (Å²) in [5, 5.41) is 13.4.